The maximum Gasteiger partial charge on any atom is 0.320 e. The van der Waals surface area contributed by atoms with E-state index in [-0.39, 0.29) is 0 Å². The third-order valence-electron chi connectivity index (χ3n) is 1.95. The van der Waals surface area contributed by atoms with Crippen molar-refractivity contribution in [3.05, 3.63) is 11.8 Å². The van der Waals surface area contributed by atoms with E-state index >= 15 is 0 Å². The van der Waals surface area contributed by atoms with Crippen molar-refractivity contribution in [3.8, 4) is 11.8 Å². The van der Waals surface area contributed by atoms with Crippen LogP contribution in [0.1, 0.15) is 46.2 Å². The number of nitrogens with zero attached hydrogens (tertiary/aromatic N) is 1. The maximum absolute atomic E-state index is 10.4. The van der Waals surface area contributed by atoms with Crippen LogP contribution < -0.4 is 11.1 Å². The molecule has 0 amide bonds. The lowest BCUT2D eigenvalue weighted by Crippen LogP contribution is -2.29. The van der Waals surface area contributed by atoms with E-state index in [9.17, 15) is 4.79 Å². The SMILES string of the molecule is CC.CC.CNc1cc(C#CCCC(N)C(=O)O)[nH]n1. The Balaban J connectivity index is 0. The van der Waals surface area contributed by atoms with Crippen LogP contribution in [-0.4, -0.2) is 34.4 Å². The molecule has 1 aromatic heterocycles. The fourth-order valence-corrected chi connectivity index (χ4v) is 1.02. The number of carboxylic acids is 1. The topological polar surface area (TPSA) is 104 Å². The standard InChI is InChI=1S/C10H14N4O2.2C2H6/c1-12-9-6-7(13-14-9)4-2-3-5-8(11)10(15)16;2*1-2/h6,8H,3,5,11H2,1H3,(H,15,16)(H2,12,13,14);2*1-2H3. The van der Waals surface area contributed by atoms with E-state index in [4.69, 9.17) is 10.8 Å². The molecule has 6 heteroatoms. The monoisotopic (exact) mass is 282 g/mol. The molecular weight excluding hydrogens is 256 g/mol. The minimum atomic E-state index is -0.999. The first kappa shape index (κ1) is 20.3. The Morgan fingerprint density at radius 3 is 2.55 bits per heavy atom. The number of aliphatic carboxylic acids is 1. The molecule has 0 spiro atoms. The van der Waals surface area contributed by atoms with Gasteiger partial charge in [-0.15, -0.1) is 0 Å². The van der Waals surface area contributed by atoms with Crippen molar-refractivity contribution in [2.75, 3.05) is 12.4 Å². The van der Waals surface area contributed by atoms with Crippen LogP contribution in [0, 0.1) is 11.8 Å². The first-order chi connectivity index (χ1) is 9.63. The molecule has 0 saturated carbocycles. The average Bonchev–Trinajstić information content (AvgIpc) is 2.95. The lowest BCUT2D eigenvalue weighted by Gasteiger charge is -2.00. The van der Waals surface area contributed by atoms with Gasteiger partial charge in [-0.25, -0.2) is 0 Å². The van der Waals surface area contributed by atoms with E-state index in [1.54, 1.807) is 13.1 Å². The van der Waals surface area contributed by atoms with Gasteiger partial charge in [0.05, 0.1) is 0 Å². The molecule has 1 aromatic rings. The molecule has 1 rings (SSSR count). The third-order valence-corrected chi connectivity index (χ3v) is 1.95. The van der Waals surface area contributed by atoms with Crippen LogP contribution in [0.4, 0.5) is 5.82 Å². The second kappa shape index (κ2) is 13.4. The van der Waals surface area contributed by atoms with E-state index in [0.717, 1.165) is 0 Å². The van der Waals surface area contributed by atoms with Crippen molar-refractivity contribution in [3.63, 3.8) is 0 Å². The molecule has 0 bridgehead atoms. The predicted molar refractivity (Wildman–Crippen MR) is 82.6 cm³/mol. The summed E-state index contributed by atoms with van der Waals surface area (Å²) in [5, 5.41) is 18.1. The Kier molecular flexibility index (Phi) is 13.6. The number of carboxylic acid groups (broad SMARTS) is 1. The van der Waals surface area contributed by atoms with E-state index in [2.05, 4.69) is 27.4 Å². The zero-order chi connectivity index (χ0) is 16.0. The van der Waals surface area contributed by atoms with Crippen LogP contribution >= 0.6 is 0 Å². The van der Waals surface area contributed by atoms with Gasteiger partial charge in [0.25, 0.3) is 0 Å². The Morgan fingerprint density at radius 1 is 1.50 bits per heavy atom. The summed E-state index contributed by atoms with van der Waals surface area (Å²) >= 11 is 0. The molecule has 0 aromatic carbocycles. The highest BCUT2D eigenvalue weighted by Gasteiger charge is 2.08. The zero-order valence-electron chi connectivity index (χ0n) is 12.9. The fourth-order valence-electron chi connectivity index (χ4n) is 1.02. The number of anilines is 1. The summed E-state index contributed by atoms with van der Waals surface area (Å²) < 4.78 is 0. The molecule has 0 aliphatic rings. The van der Waals surface area contributed by atoms with Crippen LogP contribution in [0.5, 0.6) is 0 Å². The third kappa shape index (κ3) is 9.00. The van der Waals surface area contributed by atoms with Crippen LogP contribution in [0.15, 0.2) is 6.07 Å². The average molecular weight is 282 g/mol. The Bertz CT molecular complexity index is 418. The van der Waals surface area contributed by atoms with Crippen molar-refractivity contribution in [2.24, 2.45) is 5.73 Å². The Labute approximate surface area is 121 Å². The molecule has 6 nitrogen and oxygen atoms in total. The number of nitrogens with two attached hydrogens (primary N) is 1. The summed E-state index contributed by atoms with van der Waals surface area (Å²) in [4.78, 5) is 10.4. The molecule has 0 aliphatic carbocycles. The van der Waals surface area contributed by atoms with Crippen molar-refractivity contribution < 1.29 is 9.90 Å². The van der Waals surface area contributed by atoms with Gasteiger partial charge in [0.15, 0.2) is 0 Å². The number of H-pyrrole nitrogens is 1. The van der Waals surface area contributed by atoms with Gasteiger partial charge in [0.1, 0.15) is 17.6 Å². The predicted octanol–water partition coefficient (Wildman–Crippen LogP) is 2.05. The van der Waals surface area contributed by atoms with Crippen molar-refractivity contribution in [1.82, 2.24) is 10.2 Å². The molecule has 0 fully saturated rings. The highest BCUT2D eigenvalue weighted by Crippen LogP contribution is 2.02. The first-order valence-electron chi connectivity index (χ1n) is 6.84. The lowest BCUT2D eigenvalue weighted by atomic mass is 10.2. The molecule has 1 unspecified atom stereocenters. The summed E-state index contributed by atoms with van der Waals surface area (Å²) in [7, 11) is 1.76. The molecule has 1 atom stereocenters. The summed E-state index contributed by atoms with van der Waals surface area (Å²) in [5.41, 5.74) is 6.01. The van der Waals surface area contributed by atoms with Gasteiger partial charge in [0.2, 0.25) is 0 Å². The smallest absolute Gasteiger partial charge is 0.320 e. The van der Waals surface area contributed by atoms with Gasteiger partial charge in [0, 0.05) is 19.5 Å². The highest BCUT2D eigenvalue weighted by molar-refractivity contribution is 5.73. The summed E-state index contributed by atoms with van der Waals surface area (Å²) in [6.07, 6.45) is 0.788. The number of hydrogen-bond donors (Lipinski definition) is 4. The van der Waals surface area contributed by atoms with Gasteiger partial charge >= 0.3 is 5.97 Å². The number of carbonyl (C=O) groups is 1. The number of hydrogen-bond acceptors (Lipinski definition) is 4. The van der Waals surface area contributed by atoms with Crippen molar-refractivity contribution in [2.45, 2.75) is 46.6 Å². The van der Waals surface area contributed by atoms with E-state index in [0.29, 0.717) is 24.4 Å². The minimum Gasteiger partial charge on any atom is -0.480 e. The van der Waals surface area contributed by atoms with E-state index < -0.39 is 12.0 Å². The quantitative estimate of drug-likeness (QED) is 0.633. The summed E-state index contributed by atoms with van der Waals surface area (Å²) in [6.45, 7) is 8.00. The molecule has 0 saturated heterocycles. The lowest BCUT2D eigenvalue weighted by molar-refractivity contribution is -0.138. The van der Waals surface area contributed by atoms with Crippen molar-refractivity contribution in [1.29, 1.82) is 0 Å². The Morgan fingerprint density at radius 2 is 2.10 bits per heavy atom. The summed E-state index contributed by atoms with van der Waals surface area (Å²) in [5.74, 6) is 5.38. The minimum absolute atomic E-state index is 0.343. The second-order valence-electron chi connectivity index (χ2n) is 3.20. The van der Waals surface area contributed by atoms with Crippen LogP contribution in [0.25, 0.3) is 0 Å². The summed E-state index contributed by atoms with van der Waals surface area (Å²) in [6, 6.07) is 0.924. The van der Waals surface area contributed by atoms with Gasteiger partial charge < -0.3 is 16.2 Å². The normalized spacial score (nSPS) is 9.70. The van der Waals surface area contributed by atoms with Gasteiger partial charge in [-0.1, -0.05) is 33.6 Å². The van der Waals surface area contributed by atoms with E-state index in [1.165, 1.54) is 0 Å². The van der Waals surface area contributed by atoms with Gasteiger partial charge in [-0.2, -0.15) is 5.10 Å². The largest absolute Gasteiger partial charge is 0.480 e. The maximum atomic E-state index is 10.4. The fraction of sp³-hybridized carbons (Fsp3) is 0.571. The molecule has 5 N–H and O–H groups in total. The molecule has 20 heavy (non-hydrogen) atoms. The molecule has 0 aliphatic heterocycles. The van der Waals surface area contributed by atoms with E-state index in [1.807, 2.05) is 27.7 Å². The zero-order valence-corrected chi connectivity index (χ0v) is 12.9. The second-order valence-corrected chi connectivity index (χ2v) is 3.20. The van der Waals surface area contributed by atoms with Gasteiger partial charge in [-0.05, 0) is 12.3 Å². The number of nitrogens with one attached hydrogen (secondary N) is 2. The highest BCUT2D eigenvalue weighted by atomic mass is 16.4. The van der Waals surface area contributed by atoms with Crippen LogP contribution in [0.3, 0.4) is 0 Å². The van der Waals surface area contributed by atoms with Crippen LogP contribution in [-0.2, 0) is 4.79 Å². The molecular formula is C14H26N4O2. The number of aromatic amines is 1. The van der Waals surface area contributed by atoms with Crippen molar-refractivity contribution >= 4 is 11.8 Å². The van der Waals surface area contributed by atoms with Gasteiger partial charge in [-0.3, -0.25) is 9.89 Å². The molecule has 1 heterocycles. The number of rotatable bonds is 4. The number of aromatic nitrogens is 2. The van der Waals surface area contributed by atoms with Crippen LogP contribution in [0.2, 0.25) is 0 Å². The molecule has 114 valence electrons. The first-order valence-corrected chi connectivity index (χ1v) is 6.84. The Hall–Kier alpha value is -2.00. The molecule has 0 radical (unpaired) electrons.